The lowest BCUT2D eigenvalue weighted by Gasteiger charge is -2.37. The third kappa shape index (κ3) is 10.9. The molecule has 64 heavy (non-hydrogen) atoms. The number of hydrogen-bond acceptors (Lipinski definition) is 11. The van der Waals surface area contributed by atoms with Crippen molar-refractivity contribution in [3.05, 3.63) is 118 Å². The number of nitrogens with one attached hydrogen (secondary N) is 2. The number of sulfone groups is 1. The number of nitrogens with zero attached hydrogens (tertiary/aromatic N) is 3. The third-order valence-corrected chi connectivity index (χ3v) is 17.4. The number of rotatable bonds is 17. The van der Waals surface area contributed by atoms with Crippen molar-refractivity contribution in [2.45, 2.75) is 77.2 Å². The highest BCUT2D eigenvalue weighted by molar-refractivity contribution is 7.99. The number of anilines is 2. The first-order valence-electron chi connectivity index (χ1n) is 21.5. The largest absolute Gasteiger partial charge is 0.380 e. The normalized spacial score (nSPS) is 20.2. The minimum atomic E-state index is -5.59. The van der Waals surface area contributed by atoms with E-state index in [0.717, 1.165) is 80.2 Å². The molecule has 1 aliphatic carbocycles. The number of likely N-dealkylation sites (tertiary alicyclic amines) is 1. The van der Waals surface area contributed by atoms with E-state index >= 15 is 0 Å². The number of benzene rings is 4. The van der Waals surface area contributed by atoms with Gasteiger partial charge in [0.25, 0.3) is 15.9 Å². The maximum Gasteiger partial charge on any atom is 0.341 e. The van der Waals surface area contributed by atoms with Gasteiger partial charge in [-0.25, -0.2) is 21.6 Å². The van der Waals surface area contributed by atoms with Crippen molar-refractivity contribution < 1.29 is 35.1 Å². The fourth-order valence-corrected chi connectivity index (χ4v) is 13.4. The molecule has 3 atom stereocenters. The van der Waals surface area contributed by atoms with Crippen molar-refractivity contribution >= 4 is 77.7 Å². The SMILES string of the molecule is O=C(NS(=O)(=O)c1ccc(N[C@H](CCN2C[C@@H]3C[C@H]2CO3)CSc2ccccc2)c(Cl)c1S(=O)(=O)C(F)F)c1ccc(N2CCN(CC3=C(c4ccc(Cl)cc4)CCCC3)CC2)cc1. The molecule has 0 unspecified atom stereocenters. The lowest BCUT2D eigenvalue weighted by atomic mass is 9.87. The molecule has 2 N–H and O–H groups in total. The number of carbonyl (C=O) groups excluding carboxylic acids is 1. The molecule has 3 aliphatic heterocycles. The van der Waals surface area contributed by atoms with Gasteiger partial charge in [-0.1, -0.05) is 59.1 Å². The molecule has 0 aromatic heterocycles. The molecule has 3 fully saturated rings. The monoisotopic (exact) mass is 973 g/mol. The van der Waals surface area contributed by atoms with Crippen LogP contribution < -0.4 is 14.9 Å². The van der Waals surface area contributed by atoms with Gasteiger partial charge in [-0.3, -0.25) is 14.6 Å². The van der Waals surface area contributed by atoms with Gasteiger partial charge in [-0.2, -0.15) is 8.78 Å². The second kappa shape index (κ2) is 20.4. The zero-order chi connectivity index (χ0) is 45.0. The maximum absolute atomic E-state index is 14.3. The van der Waals surface area contributed by atoms with E-state index in [4.69, 9.17) is 27.9 Å². The highest BCUT2D eigenvalue weighted by Crippen LogP contribution is 2.39. The summed E-state index contributed by atoms with van der Waals surface area (Å²) in [5.74, 6) is -4.55. The second-order valence-corrected chi connectivity index (χ2v) is 22.1. The van der Waals surface area contributed by atoms with Crippen molar-refractivity contribution in [2.24, 2.45) is 0 Å². The minimum absolute atomic E-state index is 0.0240. The van der Waals surface area contributed by atoms with Gasteiger partial charge in [0, 0.05) is 84.8 Å². The third-order valence-electron chi connectivity index (χ3n) is 12.5. The van der Waals surface area contributed by atoms with E-state index in [1.165, 1.54) is 47.8 Å². The Morgan fingerprint density at radius 2 is 1.59 bits per heavy atom. The molecule has 4 aromatic carbocycles. The second-order valence-electron chi connectivity index (χ2n) is 16.7. The molecule has 1 amide bonds. The number of halogens is 4. The number of piperazine rings is 1. The van der Waals surface area contributed by atoms with Crippen LogP contribution >= 0.6 is 35.0 Å². The first kappa shape index (κ1) is 46.8. The zero-order valence-corrected chi connectivity index (χ0v) is 39.1. The zero-order valence-electron chi connectivity index (χ0n) is 35.1. The van der Waals surface area contributed by atoms with Crippen LogP contribution in [0.15, 0.2) is 111 Å². The number of alkyl halides is 2. The van der Waals surface area contributed by atoms with Gasteiger partial charge < -0.3 is 15.0 Å². The fourth-order valence-electron chi connectivity index (χ4n) is 9.06. The van der Waals surface area contributed by atoms with E-state index in [2.05, 4.69) is 32.1 Å². The van der Waals surface area contributed by atoms with Gasteiger partial charge in [0.15, 0.2) is 0 Å². The number of sulfonamides is 1. The Kier molecular flexibility index (Phi) is 14.9. The van der Waals surface area contributed by atoms with Crippen LogP contribution in [-0.2, 0) is 24.6 Å². The number of amides is 1. The summed E-state index contributed by atoms with van der Waals surface area (Å²) in [6.45, 7) is 6.21. The van der Waals surface area contributed by atoms with Crippen LogP contribution in [0.4, 0.5) is 20.2 Å². The van der Waals surface area contributed by atoms with Crippen molar-refractivity contribution in [1.82, 2.24) is 14.5 Å². The molecule has 3 saturated heterocycles. The summed E-state index contributed by atoms with van der Waals surface area (Å²) in [6, 6.07) is 26.2. The summed E-state index contributed by atoms with van der Waals surface area (Å²) in [7, 11) is -10.6. The van der Waals surface area contributed by atoms with Crippen molar-refractivity contribution in [3.63, 3.8) is 0 Å². The highest BCUT2D eigenvalue weighted by atomic mass is 35.5. The van der Waals surface area contributed by atoms with Crippen LogP contribution in [0, 0.1) is 0 Å². The number of fused-ring (bicyclic) bond motifs is 2. The Morgan fingerprint density at radius 1 is 0.875 bits per heavy atom. The lowest BCUT2D eigenvalue weighted by molar-refractivity contribution is 0.0299. The van der Waals surface area contributed by atoms with Crippen molar-refractivity contribution in [2.75, 3.05) is 68.4 Å². The molecule has 2 bridgehead atoms. The Morgan fingerprint density at radius 3 is 2.27 bits per heavy atom. The molecule has 3 heterocycles. The number of carbonyl (C=O) groups is 1. The molecule has 0 radical (unpaired) electrons. The average Bonchev–Trinajstić information content (AvgIpc) is 3.93. The smallest absolute Gasteiger partial charge is 0.341 e. The van der Waals surface area contributed by atoms with Crippen LogP contribution in [0.1, 0.15) is 54.4 Å². The summed E-state index contributed by atoms with van der Waals surface area (Å²) in [6.07, 6.45) is 6.21. The number of hydrogen-bond donors (Lipinski definition) is 2. The number of ether oxygens (including phenoxy) is 1. The highest BCUT2D eigenvalue weighted by Gasteiger charge is 2.40. The predicted octanol–water partition coefficient (Wildman–Crippen LogP) is 8.69. The first-order chi connectivity index (χ1) is 30.7. The minimum Gasteiger partial charge on any atom is -0.380 e. The molecule has 8 rings (SSSR count). The molecule has 342 valence electrons. The Bertz CT molecular complexity index is 2550. The molecular weight excluding hydrogens is 924 g/mol. The van der Waals surface area contributed by atoms with Crippen LogP contribution in [-0.4, -0.2) is 115 Å². The lowest BCUT2D eigenvalue weighted by Crippen LogP contribution is -2.47. The molecule has 0 saturated carbocycles. The number of thioether (sulfide) groups is 1. The molecular formula is C46H51Cl2F2N5O6S3. The van der Waals surface area contributed by atoms with Gasteiger partial charge in [0.2, 0.25) is 9.84 Å². The summed E-state index contributed by atoms with van der Waals surface area (Å²) >= 11 is 14.3. The molecule has 4 aromatic rings. The molecule has 11 nitrogen and oxygen atoms in total. The van der Waals surface area contributed by atoms with Crippen LogP contribution in [0.3, 0.4) is 0 Å². The molecule has 18 heteroatoms. The maximum atomic E-state index is 14.3. The van der Waals surface area contributed by atoms with Gasteiger partial charge in [0.1, 0.15) is 9.79 Å². The van der Waals surface area contributed by atoms with Crippen molar-refractivity contribution in [3.8, 4) is 0 Å². The quantitative estimate of drug-likeness (QED) is 0.0987. The fraction of sp³-hybridized carbons (Fsp3) is 0.413. The summed E-state index contributed by atoms with van der Waals surface area (Å²) in [5.41, 5.74) is 4.90. The summed E-state index contributed by atoms with van der Waals surface area (Å²) in [5, 5.41) is 3.24. The van der Waals surface area contributed by atoms with Crippen LogP contribution in [0.25, 0.3) is 5.57 Å². The van der Waals surface area contributed by atoms with E-state index in [9.17, 15) is 30.4 Å². The Hall–Kier alpha value is -3.74. The van der Waals surface area contributed by atoms with Gasteiger partial charge in [-0.15, -0.1) is 11.8 Å². The van der Waals surface area contributed by atoms with E-state index in [1.54, 1.807) is 23.9 Å². The van der Waals surface area contributed by atoms with Crippen molar-refractivity contribution in [1.29, 1.82) is 0 Å². The van der Waals surface area contributed by atoms with Gasteiger partial charge >= 0.3 is 5.76 Å². The van der Waals surface area contributed by atoms with Gasteiger partial charge in [-0.05, 0) is 110 Å². The summed E-state index contributed by atoms with van der Waals surface area (Å²) < 4.78 is 90.2. The van der Waals surface area contributed by atoms with E-state index in [1.807, 2.05) is 47.2 Å². The molecule has 4 aliphatic rings. The van der Waals surface area contributed by atoms with E-state index < -0.39 is 46.3 Å². The Labute approximate surface area is 388 Å². The molecule has 0 spiro atoms. The van der Waals surface area contributed by atoms with Crippen LogP contribution in [0.2, 0.25) is 10.0 Å². The Balaban J connectivity index is 0.938. The predicted molar refractivity (Wildman–Crippen MR) is 250 cm³/mol. The van der Waals surface area contributed by atoms with E-state index in [0.29, 0.717) is 31.4 Å². The standard InChI is InChI=1S/C46H51Cl2F2N5O6S3/c47-34-14-10-31(11-15-34)40-9-5-4-6-33(40)27-53-22-24-54(25-23-53)36-16-12-32(13-17-36)45(56)52-64(59,60)42-19-18-41(43(48)44(42)63(57,58)46(49)50)51-35(30-62-39-7-2-1-3-8-39)20-21-55-28-38-26-37(55)29-61-38/h1-3,7-8,10-19,35,37-38,46,51H,4-6,9,20-30H2,(H,52,56)/t35-,37+,38+/m1/s1. The van der Waals surface area contributed by atoms with Gasteiger partial charge in [0.05, 0.1) is 23.4 Å². The summed E-state index contributed by atoms with van der Waals surface area (Å²) in [4.78, 5) is 19.1. The average molecular weight is 975 g/mol. The topological polar surface area (TPSA) is 128 Å². The van der Waals surface area contributed by atoms with Crippen LogP contribution in [0.5, 0.6) is 0 Å². The van der Waals surface area contributed by atoms with E-state index in [-0.39, 0.29) is 23.4 Å². The number of allylic oxidation sites excluding steroid dienone is 1. The first-order valence-corrected chi connectivity index (χ1v) is 26.3. The number of morpholine rings is 1.